The summed E-state index contributed by atoms with van der Waals surface area (Å²) in [5.41, 5.74) is 3.33. The van der Waals surface area contributed by atoms with Gasteiger partial charge in [-0.25, -0.2) is 4.99 Å². The fourth-order valence-corrected chi connectivity index (χ4v) is 1.88. The van der Waals surface area contributed by atoms with Crippen molar-refractivity contribution in [3.8, 4) is 0 Å². The van der Waals surface area contributed by atoms with Crippen molar-refractivity contribution in [3.05, 3.63) is 17.0 Å². The molecule has 0 amide bonds. The summed E-state index contributed by atoms with van der Waals surface area (Å²) >= 11 is 0. The van der Waals surface area contributed by atoms with E-state index in [1.54, 1.807) is 0 Å². The molecule has 1 aromatic rings. The molecule has 6 heteroatoms. The summed E-state index contributed by atoms with van der Waals surface area (Å²) in [7, 11) is 1.95. The molecule has 3 N–H and O–H groups in total. The summed E-state index contributed by atoms with van der Waals surface area (Å²) in [6.45, 7) is 10.4. The average molecular weight is 281 g/mol. The third kappa shape index (κ3) is 4.52. The van der Waals surface area contributed by atoms with E-state index in [2.05, 4.69) is 27.6 Å². The van der Waals surface area contributed by atoms with Crippen molar-refractivity contribution < 1.29 is 5.11 Å². The lowest BCUT2D eigenvalue weighted by molar-refractivity contribution is 0.238. The monoisotopic (exact) mass is 281 g/mol. The Hall–Kier alpha value is -1.56. The summed E-state index contributed by atoms with van der Waals surface area (Å²) in [6, 6.07) is 0. The highest BCUT2D eigenvalue weighted by Gasteiger charge is 2.09. The second-order valence-corrected chi connectivity index (χ2v) is 5.14. The smallest absolute Gasteiger partial charge is 0.191 e. The van der Waals surface area contributed by atoms with Crippen molar-refractivity contribution in [2.75, 3.05) is 19.7 Å². The third-order valence-corrected chi connectivity index (χ3v) is 3.33. The SMILES string of the molecule is CCNC(=NCc1c(C)nn(C)c1C)NCC(C)CO. The van der Waals surface area contributed by atoms with Gasteiger partial charge in [0.15, 0.2) is 5.96 Å². The van der Waals surface area contributed by atoms with Gasteiger partial charge in [0, 0.05) is 38.0 Å². The number of hydrogen-bond donors (Lipinski definition) is 3. The molecule has 0 saturated carbocycles. The second-order valence-electron chi connectivity index (χ2n) is 5.14. The molecule has 0 bridgehead atoms. The zero-order chi connectivity index (χ0) is 15.1. The minimum Gasteiger partial charge on any atom is -0.396 e. The largest absolute Gasteiger partial charge is 0.396 e. The second kappa shape index (κ2) is 7.89. The molecule has 114 valence electrons. The van der Waals surface area contributed by atoms with Crippen LogP contribution in [0.5, 0.6) is 0 Å². The quantitative estimate of drug-likeness (QED) is 0.530. The van der Waals surface area contributed by atoms with Crippen LogP contribution in [0.3, 0.4) is 0 Å². The van der Waals surface area contributed by atoms with Crippen LogP contribution in [0.25, 0.3) is 0 Å². The van der Waals surface area contributed by atoms with Crippen molar-refractivity contribution >= 4 is 5.96 Å². The van der Waals surface area contributed by atoms with Crippen molar-refractivity contribution in [1.29, 1.82) is 0 Å². The van der Waals surface area contributed by atoms with Gasteiger partial charge in [0.1, 0.15) is 0 Å². The molecule has 1 aromatic heterocycles. The Labute approximate surface area is 121 Å². The van der Waals surface area contributed by atoms with E-state index in [0.29, 0.717) is 13.1 Å². The topological polar surface area (TPSA) is 74.5 Å². The van der Waals surface area contributed by atoms with E-state index >= 15 is 0 Å². The number of aliphatic hydroxyl groups is 1. The summed E-state index contributed by atoms with van der Waals surface area (Å²) < 4.78 is 1.88. The molecule has 1 atom stereocenters. The number of rotatable bonds is 6. The Bertz CT molecular complexity index is 453. The van der Waals surface area contributed by atoms with E-state index < -0.39 is 0 Å². The van der Waals surface area contributed by atoms with Crippen LogP contribution in [0.15, 0.2) is 4.99 Å². The van der Waals surface area contributed by atoms with Crippen molar-refractivity contribution in [2.24, 2.45) is 18.0 Å². The minimum atomic E-state index is 0.174. The summed E-state index contributed by atoms with van der Waals surface area (Å²) in [5.74, 6) is 0.983. The van der Waals surface area contributed by atoms with E-state index in [9.17, 15) is 0 Å². The highest BCUT2D eigenvalue weighted by molar-refractivity contribution is 5.79. The van der Waals surface area contributed by atoms with E-state index in [4.69, 9.17) is 5.11 Å². The summed E-state index contributed by atoms with van der Waals surface area (Å²) in [6.07, 6.45) is 0. The van der Waals surface area contributed by atoms with E-state index in [1.807, 2.05) is 32.5 Å². The first-order valence-electron chi connectivity index (χ1n) is 7.11. The highest BCUT2D eigenvalue weighted by Crippen LogP contribution is 2.12. The number of aliphatic imine (C=N–C) groups is 1. The molecule has 0 spiro atoms. The number of aromatic nitrogens is 2. The predicted octanol–water partition coefficient (Wildman–Crippen LogP) is 0.720. The van der Waals surface area contributed by atoms with Crippen LogP contribution in [-0.4, -0.2) is 40.5 Å². The molecule has 0 radical (unpaired) electrons. The average Bonchev–Trinajstić information content (AvgIpc) is 2.66. The van der Waals surface area contributed by atoms with Gasteiger partial charge in [-0.3, -0.25) is 4.68 Å². The van der Waals surface area contributed by atoms with Gasteiger partial charge < -0.3 is 15.7 Å². The Morgan fingerprint density at radius 3 is 2.60 bits per heavy atom. The summed E-state index contributed by atoms with van der Waals surface area (Å²) in [5, 5.41) is 19.9. The maximum Gasteiger partial charge on any atom is 0.191 e. The van der Waals surface area contributed by atoms with E-state index in [-0.39, 0.29) is 12.5 Å². The van der Waals surface area contributed by atoms with Gasteiger partial charge >= 0.3 is 0 Å². The molecule has 0 saturated heterocycles. The molecular weight excluding hydrogens is 254 g/mol. The number of nitrogens with one attached hydrogen (secondary N) is 2. The lowest BCUT2D eigenvalue weighted by Crippen LogP contribution is -2.39. The van der Waals surface area contributed by atoms with Crippen molar-refractivity contribution in [2.45, 2.75) is 34.2 Å². The molecule has 1 rings (SSSR count). The highest BCUT2D eigenvalue weighted by atomic mass is 16.3. The van der Waals surface area contributed by atoms with E-state index in [0.717, 1.165) is 23.9 Å². The molecule has 0 fully saturated rings. The first-order valence-corrected chi connectivity index (χ1v) is 7.11. The summed E-state index contributed by atoms with van der Waals surface area (Å²) in [4.78, 5) is 4.58. The molecule has 1 unspecified atom stereocenters. The van der Waals surface area contributed by atoms with Crippen LogP contribution < -0.4 is 10.6 Å². The number of hydrogen-bond acceptors (Lipinski definition) is 3. The Balaban J connectivity index is 2.71. The molecular formula is C14H27N5O. The first kappa shape index (κ1) is 16.5. The van der Waals surface area contributed by atoms with Crippen LogP contribution >= 0.6 is 0 Å². The number of guanidine groups is 1. The fourth-order valence-electron chi connectivity index (χ4n) is 1.88. The van der Waals surface area contributed by atoms with Gasteiger partial charge in [-0.05, 0) is 26.7 Å². The fraction of sp³-hybridized carbons (Fsp3) is 0.714. The standard InChI is InChI=1S/C14H27N5O/c1-6-15-14(16-7-10(2)9-20)17-8-13-11(3)18-19(5)12(13)4/h10,20H,6-9H2,1-5H3,(H2,15,16,17). The van der Waals surface area contributed by atoms with Crippen molar-refractivity contribution in [1.82, 2.24) is 20.4 Å². The lowest BCUT2D eigenvalue weighted by atomic mass is 10.2. The van der Waals surface area contributed by atoms with Gasteiger partial charge in [0.25, 0.3) is 0 Å². The zero-order valence-electron chi connectivity index (χ0n) is 13.2. The van der Waals surface area contributed by atoms with Crippen LogP contribution in [0, 0.1) is 19.8 Å². The van der Waals surface area contributed by atoms with E-state index in [1.165, 1.54) is 5.56 Å². The predicted molar refractivity (Wildman–Crippen MR) is 81.8 cm³/mol. The molecule has 0 aromatic carbocycles. The molecule has 20 heavy (non-hydrogen) atoms. The van der Waals surface area contributed by atoms with Crippen LogP contribution in [0.4, 0.5) is 0 Å². The van der Waals surface area contributed by atoms with Crippen LogP contribution in [0.1, 0.15) is 30.8 Å². The number of nitrogens with zero attached hydrogens (tertiary/aromatic N) is 3. The Morgan fingerprint density at radius 1 is 1.40 bits per heavy atom. The molecule has 0 aliphatic carbocycles. The van der Waals surface area contributed by atoms with Crippen LogP contribution in [-0.2, 0) is 13.6 Å². The van der Waals surface area contributed by atoms with Crippen LogP contribution in [0.2, 0.25) is 0 Å². The van der Waals surface area contributed by atoms with Gasteiger partial charge in [-0.2, -0.15) is 5.10 Å². The molecule has 0 aliphatic rings. The van der Waals surface area contributed by atoms with Crippen molar-refractivity contribution in [3.63, 3.8) is 0 Å². The Kier molecular flexibility index (Phi) is 6.51. The van der Waals surface area contributed by atoms with Gasteiger partial charge in [0.05, 0.1) is 12.2 Å². The number of aliphatic hydroxyl groups excluding tert-OH is 1. The normalized spacial score (nSPS) is 13.4. The lowest BCUT2D eigenvalue weighted by Gasteiger charge is -2.14. The minimum absolute atomic E-state index is 0.174. The third-order valence-electron chi connectivity index (χ3n) is 3.33. The molecule has 6 nitrogen and oxygen atoms in total. The maximum atomic E-state index is 9.05. The zero-order valence-corrected chi connectivity index (χ0v) is 13.2. The molecule has 1 heterocycles. The maximum absolute atomic E-state index is 9.05. The Morgan fingerprint density at radius 2 is 2.10 bits per heavy atom. The van der Waals surface area contributed by atoms with Gasteiger partial charge in [-0.1, -0.05) is 6.92 Å². The van der Waals surface area contributed by atoms with Gasteiger partial charge in [-0.15, -0.1) is 0 Å². The first-order chi connectivity index (χ1) is 9.49. The van der Waals surface area contributed by atoms with Gasteiger partial charge in [0.2, 0.25) is 0 Å². The number of aryl methyl sites for hydroxylation is 2. The molecule has 0 aliphatic heterocycles.